The Morgan fingerprint density at radius 1 is 1.04 bits per heavy atom. The Labute approximate surface area is 159 Å². The third-order valence-electron chi connectivity index (χ3n) is 5.72. The third kappa shape index (κ3) is 6.15. The summed E-state index contributed by atoms with van der Waals surface area (Å²) < 4.78 is 0. The Hall–Kier alpha value is -1.30. The topological polar surface area (TPSA) is 60.0 Å². The first-order valence-electron chi connectivity index (χ1n) is 10.5. The van der Waals surface area contributed by atoms with Crippen molar-refractivity contribution >= 4 is 11.9 Å². The van der Waals surface area contributed by atoms with Crippen molar-refractivity contribution in [3.8, 4) is 0 Å². The van der Waals surface area contributed by atoms with E-state index in [1.165, 1.54) is 38.8 Å². The Morgan fingerprint density at radius 3 is 2.27 bits per heavy atom. The molecule has 0 aromatic rings. The molecule has 150 valence electrons. The summed E-state index contributed by atoms with van der Waals surface area (Å²) >= 11 is 0. The van der Waals surface area contributed by atoms with Crippen LogP contribution in [0, 0.1) is 5.41 Å². The molecule has 2 rings (SSSR count). The van der Waals surface area contributed by atoms with Gasteiger partial charge in [-0.15, -0.1) is 0 Å². The second-order valence-electron chi connectivity index (χ2n) is 8.06. The van der Waals surface area contributed by atoms with Crippen molar-refractivity contribution in [2.75, 3.05) is 53.4 Å². The minimum Gasteiger partial charge on any atom is -0.357 e. The number of aliphatic imine (C=N–C) groups is 1. The van der Waals surface area contributed by atoms with Crippen molar-refractivity contribution in [1.82, 2.24) is 20.4 Å². The van der Waals surface area contributed by atoms with Crippen LogP contribution >= 0.6 is 0 Å². The number of carbonyl (C=O) groups is 1. The quantitative estimate of drug-likeness (QED) is 0.536. The van der Waals surface area contributed by atoms with Crippen molar-refractivity contribution in [3.05, 3.63) is 0 Å². The zero-order valence-corrected chi connectivity index (χ0v) is 17.1. The Morgan fingerprint density at radius 2 is 1.69 bits per heavy atom. The summed E-state index contributed by atoms with van der Waals surface area (Å²) in [6.45, 7) is 7.91. The van der Waals surface area contributed by atoms with Gasteiger partial charge in [-0.3, -0.25) is 9.79 Å². The standard InChI is InChI=1S/C20H39N5O/c1-4-21-19(22-13-16-25-14-9-5-6-10-15-25)23-17-20(11-7-8-12-20)18(26)24(2)3/h4-17H2,1-3H3,(H2,21,22,23). The minimum absolute atomic E-state index is 0.235. The number of likely N-dealkylation sites (tertiary alicyclic amines) is 1. The Kier molecular flexibility index (Phi) is 8.69. The number of hydrogen-bond acceptors (Lipinski definition) is 3. The summed E-state index contributed by atoms with van der Waals surface area (Å²) in [5, 5.41) is 6.81. The monoisotopic (exact) mass is 365 g/mol. The van der Waals surface area contributed by atoms with E-state index in [1.54, 1.807) is 4.90 Å². The second kappa shape index (κ2) is 10.8. The van der Waals surface area contributed by atoms with Gasteiger partial charge in [-0.25, -0.2) is 0 Å². The van der Waals surface area contributed by atoms with Gasteiger partial charge >= 0.3 is 0 Å². The van der Waals surface area contributed by atoms with Gasteiger partial charge in [-0.1, -0.05) is 25.7 Å². The van der Waals surface area contributed by atoms with Crippen molar-refractivity contribution in [2.45, 2.75) is 58.3 Å². The van der Waals surface area contributed by atoms with Crippen molar-refractivity contribution < 1.29 is 4.79 Å². The summed E-state index contributed by atoms with van der Waals surface area (Å²) in [5.41, 5.74) is -0.295. The van der Waals surface area contributed by atoms with E-state index in [4.69, 9.17) is 4.99 Å². The first kappa shape index (κ1) is 21.0. The molecule has 0 radical (unpaired) electrons. The van der Waals surface area contributed by atoms with Crippen LogP contribution in [-0.2, 0) is 4.79 Å². The second-order valence-corrected chi connectivity index (χ2v) is 8.06. The lowest BCUT2D eigenvalue weighted by atomic mass is 9.85. The minimum atomic E-state index is -0.295. The molecule has 2 N–H and O–H groups in total. The number of nitrogens with zero attached hydrogens (tertiary/aromatic N) is 3. The molecule has 0 atom stereocenters. The summed E-state index contributed by atoms with van der Waals surface area (Å²) in [4.78, 5) is 21.8. The van der Waals surface area contributed by atoms with E-state index in [0.717, 1.165) is 51.3 Å². The van der Waals surface area contributed by atoms with Gasteiger partial charge in [0, 0.05) is 33.7 Å². The van der Waals surface area contributed by atoms with Crippen LogP contribution in [-0.4, -0.2) is 75.0 Å². The Balaban J connectivity index is 1.89. The molecule has 0 unspecified atom stereocenters. The molecule has 1 aliphatic carbocycles. The molecule has 1 saturated carbocycles. The van der Waals surface area contributed by atoms with Gasteiger partial charge in [-0.05, 0) is 45.7 Å². The van der Waals surface area contributed by atoms with Crippen molar-refractivity contribution in [1.29, 1.82) is 0 Å². The number of hydrogen-bond donors (Lipinski definition) is 2. The van der Waals surface area contributed by atoms with Crippen LogP contribution in [0.2, 0.25) is 0 Å². The lowest BCUT2D eigenvalue weighted by Crippen LogP contribution is -2.44. The Bertz CT molecular complexity index is 449. The van der Waals surface area contributed by atoms with Crippen molar-refractivity contribution in [3.63, 3.8) is 0 Å². The molecule has 1 amide bonds. The molecule has 2 fully saturated rings. The van der Waals surface area contributed by atoms with E-state index in [1.807, 2.05) is 14.1 Å². The highest BCUT2D eigenvalue weighted by Crippen LogP contribution is 2.39. The lowest BCUT2D eigenvalue weighted by Gasteiger charge is -2.29. The van der Waals surface area contributed by atoms with E-state index in [-0.39, 0.29) is 11.3 Å². The van der Waals surface area contributed by atoms with Gasteiger partial charge in [0.15, 0.2) is 5.96 Å². The van der Waals surface area contributed by atoms with E-state index in [2.05, 4.69) is 22.5 Å². The average Bonchev–Trinajstić information content (AvgIpc) is 2.96. The maximum Gasteiger partial charge on any atom is 0.230 e. The normalized spacial score (nSPS) is 21.3. The molecule has 0 aromatic carbocycles. The number of guanidine groups is 1. The van der Waals surface area contributed by atoms with Gasteiger partial charge < -0.3 is 20.4 Å². The summed E-state index contributed by atoms with van der Waals surface area (Å²) in [7, 11) is 3.72. The first-order valence-corrected chi connectivity index (χ1v) is 10.5. The molecule has 2 aliphatic rings. The largest absolute Gasteiger partial charge is 0.357 e. The fraction of sp³-hybridized carbons (Fsp3) is 0.900. The van der Waals surface area contributed by atoms with Gasteiger partial charge in [-0.2, -0.15) is 0 Å². The fourth-order valence-electron chi connectivity index (χ4n) is 4.23. The molecule has 26 heavy (non-hydrogen) atoms. The summed E-state index contributed by atoms with van der Waals surface area (Å²) in [6, 6.07) is 0. The van der Waals surface area contributed by atoms with Crippen LogP contribution < -0.4 is 10.6 Å². The summed E-state index contributed by atoms with van der Waals surface area (Å²) in [5.74, 6) is 1.08. The van der Waals surface area contributed by atoms with Crippen molar-refractivity contribution in [2.24, 2.45) is 10.4 Å². The zero-order chi connectivity index (χ0) is 18.8. The predicted molar refractivity (Wildman–Crippen MR) is 108 cm³/mol. The number of nitrogens with one attached hydrogen (secondary N) is 2. The first-order chi connectivity index (χ1) is 12.6. The molecule has 0 bridgehead atoms. The average molecular weight is 366 g/mol. The molecule has 1 saturated heterocycles. The highest BCUT2D eigenvalue weighted by atomic mass is 16.2. The maximum atomic E-state index is 12.7. The van der Waals surface area contributed by atoms with Crippen LogP contribution in [0.4, 0.5) is 0 Å². The predicted octanol–water partition coefficient (Wildman–Crippen LogP) is 2.07. The van der Waals surface area contributed by atoms with E-state index in [0.29, 0.717) is 6.54 Å². The van der Waals surface area contributed by atoms with Gasteiger partial charge in [0.2, 0.25) is 5.91 Å². The van der Waals surface area contributed by atoms with Gasteiger partial charge in [0.1, 0.15) is 0 Å². The zero-order valence-electron chi connectivity index (χ0n) is 17.1. The fourth-order valence-corrected chi connectivity index (χ4v) is 4.23. The molecule has 6 nitrogen and oxygen atoms in total. The van der Waals surface area contributed by atoms with Crippen LogP contribution in [0.5, 0.6) is 0 Å². The van der Waals surface area contributed by atoms with Gasteiger partial charge in [0.05, 0.1) is 12.0 Å². The van der Waals surface area contributed by atoms with Crippen LogP contribution in [0.15, 0.2) is 4.99 Å². The van der Waals surface area contributed by atoms with Gasteiger partial charge in [0.25, 0.3) is 0 Å². The van der Waals surface area contributed by atoms with Crippen LogP contribution in [0.3, 0.4) is 0 Å². The number of rotatable bonds is 7. The van der Waals surface area contributed by atoms with Crippen LogP contribution in [0.25, 0.3) is 0 Å². The molecule has 1 aliphatic heterocycles. The number of amides is 1. The maximum absolute atomic E-state index is 12.7. The highest BCUT2D eigenvalue weighted by molar-refractivity contribution is 5.84. The van der Waals surface area contributed by atoms with E-state index in [9.17, 15) is 4.79 Å². The van der Waals surface area contributed by atoms with E-state index < -0.39 is 0 Å². The summed E-state index contributed by atoms with van der Waals surface area (Å²) in [6.07, 6.45) is 9.57. The third-order valence-corrected chi connectivity index (χ3v) is 5.72. The number of carbonyl (C=O) groups excluding carboxylic acids is 1. The SMILES string of the molecule is CCNC(=NCC1(C(=O)N(C)C)CCCC1)NCCN1CCCCCC1. The highest BCUT2D eigenvalue weighted by Gasteiger charge is 2.42. The molecule has 0 aromatic heterocycles. The molecular weight excluding hydrogens is 326 g/mol. The van der Waals surface area contributed by atoms with Crippen LogP contribution in [0.1, 0.15) is 58.3 Å². The smallest absolute Gasteiger partial charge is 0.230 e. The molecule has 6 heteroatoms. The lowest BCUT2D eigenvalue weighted by molar-refractivity contribution is -0.138. The van der Waals surface area contributed by atoms with E-state index >= 15 is 0 Å². The molecular formula is C20H39N5O. The molecule has 1 heterocycles. The molecule has 0 spiro atoms.